The first-order valence-electron chi connectivity index (χ1n) is 6.09. The normalized spacial score (nSPS) is 13.3. The Bertz CT molecular complexity index is 654. The van der Waals surface area contributed by atoms with Crippen molar-refractivity contribution in [2.75, 3.05) is 12.0 Å². The van der Waals surface area contributed by atoms with E-state index in [1.54, 1.807) is 12.4 Å². The van der Waals surface area contributed by atoms with Crippen LogP contribution in [-0.4, -0.2) is 35.6 Å². The van der Waals surface area contributed by atoms with Gasteiger partial charge < -0.3 is 10.3 Å². The van der Waals surface area contributed by atoms with E-state index in [1.165, 1.54) is 6.26 Å². The van der Waals surface area contributed by atoms with Crippen LogP contribution in [0.3, 0.4) is 0 Å². The van der Waals surface area contributed by atoms with Crippen LogP contribution in [0.1, 0.15) is 29.7 Å². The van der Waals surface area contributed by atoms with Crippen LogP contribution in [-0.2, 0) is 16.3 Å². The quantitative estimate of drug-likeness (QED) is 0.825. The Morgan fingerprint density at radius 3 is 2.90 bits per heavy atom. The van der Waals surface area contributed by atoms with Crippen LogP contribution in [0.25, 0.3) is 0 Å². The Labute approximate surface area is 117 Å². The molecule has 0 aliphatic rings. The fraction of sp³-hybridized carbons (Fsp3) is 0.417. The predicted octanol–water partition coefficient (Wildman–Crippen LogP) is 0.490. The van der Waals surface area contributed by atoms with Crippen LogP contribution in [0.2, 0.25) is 0 Å². The fourth-order valence-electron chi connectivity index (χ4n) is 1.64. The van der Waals surface area contributed by atoms with Crippen molar-refractivity contribution in [3.8, 4) is 0 Å². The monoisotopic (exact) mass is 296 g/mol. The van der Waals surface area contributed by atoms with E-state index in [1.807, 2.05) is 12.1 Å². The minimum absolute atomic E-state index is 0.00547. The molecule has 0 bridgehead atoms. The average Bonchev–Trinajstić information content (AvgIpc) is 2.85. The van der Waals surface area contributed by atoms with Crippen molar-refractivity contribution < 1.29 is 12.9 Å². The average molecular weight is 296 g/mol. The molecule has 1 atom stereocenters. The van der Waals surface area contributed by atoms with Crippen LogP contribution in [0.4, 0.5) is 0 Å². The molecule has 8 heteroatoms. The number of aromatic nitrogens is 3. The third-order valence-electron chi connectivity index (χ3n) is 2.69. The number of pyridine rings is 1. The molecule has 2 aromatic rings. The zero-order chi connectivity index (χ0) is 14.6. The maximum absolute atomic E-state index is 11.1. The molecule has 0 aliphatic carbocycles. The highest BCUT2D eigenvalue weighted by Crippen LogP contribution is 2.14. The van der Waals surface area contributed by atoms with E-state index < -0.39 is 15.9 Å². The van der Waals surface area contributed by atoms with Gasteiger partial charge in [-0.05, 0) is 18.1 Å². The van der Waals surface area contributed by atoms with Gasteiger partial charge in [0, 0.05) is 25.1 Å². The Kier molecular flexibility index (Phi) is 4.46. The van der Waals surface area contributed by atoms with Crippen LogP contribution in [0.5, 0.6) is 0 Å². The van der Waals surface area contributed by atoms with Crippen LogP contribution >= 0.6 is 0 Å². The molecule has 2 N–H and O–H groups in total. The molecule has 0 spiro atoms. The van der Waals surface area contributed by atoms with Gasteiger partial charge >= 0.3 is 0 Å². The molecule has 1 unspecified atom stereocenters. The Morgan fingerprint density at radius 2 is 2.25 bits per heavy atom. The lowest BCUT2D eigenvalue weighted by Crippen LogP contribution is -2.16. The summed E-state index contributed by atoms with van der Waals surface area (Å²) in [5.74, 6) is 0.754. The Balaban J connectivity index is 1.98. The maximum atomic E-state index is 11.1. The van der Waals surface area contributed by atoms with Crippen molar-refractivity contribution in [3.05, 3.63) is 41.8 Å². The van der Waals surface area contributed by atoms with Crippen LogP contribution < -0.4 is 5.73 Å². The van der Waals surface area contributed by atoms with Crippen LogP contribution in [0, 0.1) is 0 Å². The molecular formula is C12H16N4O3S. The Morgan fingerprint density at radius 1 is 1.45 bits per heavy atom. The van der Waals surface area contributed by atoms with E-state index in [0.29, 0.717) is 12.2 Å². The van der Waals surface area contributed by atoms with Gasteiger partial charge in [-0.1, -0.05) is 11.2 Å². The predicted molar refractivity (Wildman–Crippen MR) is 72.6 cm³/mol. The third-order valence-corrected chi connectivity index (χ3v) is 3.66. The molecule has 0 saturated carbocycles. The smallest absolute Gasteiger partial charge is 0.243 e. The largest absolute Gasteiger partial charge is 0.338 e. The molecule has 7 nitrogen and oxygen atoms in total. The lowest BCUT2D eigenvalue weighted by molar-refractivity contribution is 0.349. The molecule has 0 fully saturated rings. The third kappa shape index (κ3) is 4.39. The number of hydrogen-bond donors (Lipinski definition) is 1. The van der Waals surface area contributed by atoms with E-state index in [0.717, 1.165) is 5.56 Å². The van der Waals surface area contributed by atoms with E-state index in [4.69, 9.17) is 10.3 Å². The standard InChI is InChI=1S/C12H16N4O3S/c1-20(17,18)6-4-10(13)12-15-11(16-19-12)7-9-3-2-5-14-8-9/h2-3,5,8,10H,4,6-7,13H2,1H3. The van der Waals surface area contributed by atoms with E-state index in [-0.39, 0.29) is 18.1 Å². The van der Waals surface area contributed by atoms with Gasteiger partial charge in [-0.3, -0.25) is 4.98 Å². The molecule has 0 amide bonds. The van der Waals surface area contributed by atoms with Gasteiger partial charge in [0.15, 0.2) is 5.82 Å². The van der Waals surface area contributed by atoms with Crippen molar-refractivity contribution in [2.45, 2.75) is 18.9 Å². The second-order valence-electron chi connectivity index (χ2n) is 4.61. The van der Waals surface area contributed by atoms with Crippen molar-refractivity contribution in [3.63, 3.8) is 0 Å². The summed E-state index contributed by atoms with van der Waals surface area (Å²) in [6.07, 6.45) is 5.33. The summed E-state index contributed by atoms with van der Waals surface area (Å²) < 4.78 is 27.2. The van der Waals surface area contributed by atoms with Crippen molar-refractivity contribution in [1.29, 1.82) is 0 Å². The van der Waals surface area contributed by atoms with Crippen LogP contribution in [0.15, 0.2) is 29.0 Å². The van der Waals surface area contributed by atoms with E-state index in [9.17, 15) is 8.42 Å². The summed E-state index contributed by atoms with van der Waals surface area (Å²) >= 11 is 0. The highest BCUT2D eigenvalue weighted by molar-refractivity contribution is 7.90. The first kappa shape index (κ1) is 14.6. The van der Waals surface area contributed by atoms with Crippen molar-refractivity contribution >= 4 is 9.84 Å². The first-order valence-corrected chi connectivity index (χ1v) is 8.15. The van der Waals surface area contributed by atoms with Gasteiger partial charge in [-0.15, -0.1) is 0 Å². The van der Waals surface area contributed by atoms with Gasteiger partial charge in [0.2, 0.25) is 5.89 Å². The van der Waals surface area contributed by atoms with Gasteiger partial charge in [-0.2, -0.15) is 4.98 Å². The zero-order valence-corrected chi connectivity index (χ0v) is 11.9. The van der Waals surface area contributed by atoms with Gasteiger partial charge in [0.25, 0.3) is 0 Å². The number of nitrogens with zero attached hydrogens (tertiary/aromatic N) is 3. The number of hydrogen-bond acceptors (Lipinski definition) is 7. The number of sulfone groups is 1. The van der Waals surface area contributed by atoms with Crippen molar-refractivity contribution in [1.82, 2.24) is 15.1 Å². The fourth-order valence-corrected chi connectivity index (χ4v) is 2.32. The topological polar surface area (TPSA) is 112 Å². The minimum Gasteiger partial charge on any atom is -0.338 e. The highest BCUT2D eigenvalue weighted by atomic mass is 32.2. The number of rotatable bonds is 6. The first-order chi connectivity index (χ1) is 9.44. The molecule has 2 aromatic heterocycles. The second kappa shape index (κ2) is 6.10. The minimum atomic E-state index is -3.05. The second-order valence-corrected chi connectivity index (χ2v) is 6.87. The molecule has 108 valence electrons. The molecule has 2 heterocycles. The summed E-state index contributed by atoms with van der Waals surface area (Å²) in [4.78, 5) is 8.18. The maximum Gasteiger partial charge on any atom is 0.243 e. The SMILES string of the molecule is CS(=O)(=O)CCC(N)c1nc(Cc2cccnc2)no1. The van der Waals surface area contributed by atoms with E-state index in [2.05, 4.69) is 15.1 Å². The summed E-state index contributed by atoms with van der Waals surface area (Å²) in [6.45, 7) is 0. The summed E-state index contributed by atoms with van der Waals surface area (Å²) in [7, 11) is -3.05. The summed E-state index contributed by atoms with van der Waals surface area (Å²) in [5.41, 5.74) is 6.80. The molecule has 0 aromatic carbocycles. The highest BCUT2D eigenvalue weighted by Gasteiger charge is 2.17. The lowest BCUT2D eigenvalue weighted by Gasteiger charge is -2.04. The molecule has 0 radical (unpaired) electrons. The van der Waals surface area contributed by atoms with Crippen molar-refractivity contribution in [2.24, 2.45) is 5.73 Å². The summed E-state index contributed by atoms with van der Waals surface area (Å²) in [6, 6.07) is 3.17. The molecule has 20 heavy (non-hydrogen) atoms. The molecule has 0 aliphatic heterocycles. The van der Waals surface area contributed by atoms with Gasteiger partial charge in [-0.25, -0.2) is 8.42 Å². The molecule has 2 rings (SSSR count). The molecular weight excluding hydrogens is 280 g/mol. The lowest BCUT2D eigenvalue weighted by atomic mass is 10.2. The summed E-state index contributed by atoms with van der Waals surface area (Å²) in [5, 5.41) is 3.83. The molecule has 0 saturated heterocycles. The Hall–Kier alpha value is -1.80. The van der Waals surface area contributed by atoms with Gasteiger partial charge in [0.1, 0.15) is 9.84 Å². The van der Waals surface area contributed by atoms with Gasteiger partial charge in [0.05, 0.1) is 11.8 Å². The van der Waals surface area contributed by atoms with E-state index >= 15 is 0 Å². The number of nitrogens with two attached hydrogens (primary N) is 1. The zero-order valence-electron chi connectivity index (χ0n) is 11.1.